The lowest BCUT2D eigenvalue weighted by molar-refractivity contribution is -0.127. The fourth-order valence-electron chi connectivity index (χ4n) is 4.10. The molecule has 0 radical (unpaired) electrons. The zero-order chi connectivity index (χ0) is 21.3. The van der Waals surface area contributed by atoms with Crippen molar-refractivity contribution >= 4 is 5.78 Å². The lowest BCUT2D eigenvalue weighted by atomic mass is 9.98. The standard InChI is InChI=1S/C23H25F2NO4/c1-26(12-18(27)22-6-2-14-10-16(24)4-8-20(14)29-22)13-19(28)23-7-3-15-11-17(25)5-9-21(15)30-23/h4-5,8-11,18,22-23,27H,2-3,6-7,12-13H2,1H3/t18-,22-,23?/m1/s1. The predicted octanol–water partition coefficient (Wildman–Crippen LogP) is 2.91. The molecule has 2 aromatic rings. The fraction of sp³-hybridized carbons (Fsp3) is 0.435. The van der Waals surface area contributed by atoms with Crippen LogP contribution >= 0.6 is 0 Å². The van der Waals surface area contributed by atoms with Gasteiger partial charge >= 0.3 is 0 Å². The summed E-state index contributed by atoms with van der Waals surface area (Å²) in [6, 6.07) is 8.71. The number of carbonyl (C=O) groups excluding carboxylic acids is 1. The number of ether oxygens (including phenoxy) is 2. The molecular weight excluding hydrogens is 392 g/mol. The smallest absolute Gasteiger partial charge is 0.187 e. The van der Waals surface area contributed by atoms with Gasteiger partial charge in [0.1, 0.15) is 35.3 Å². The van der Waals surface area contributed by atoms with Gasteiger partial charge in [-0.3, -0.25) is 9.69 Å². The maximum absolute atomic E-state index is 13.3. The van der Waals surface area contributed by atoms with E-state index in [4.69, 9.17) is 9.47 Å². The van der Waals surface area contributed by atoms with Crippen molar-refractivity contribution < 1.29 is 28.2 Å². The van der Waals surface area contributed by atoms with Crippen LogP contribution in [-0.4, -0.2) is 54.2 Å². The summed E-state index contributed by atoms with van der Waals surface area (Å²) < 4.78 is 38.2. The van der Waals surface area contributed by atoms with Gasteiger partial charge in [0.05, 0.1) is 6.54 Å². The zero-order valence-corrected chi connectivity index (χ0v) is 16.8. The Morgan fingerprint density at radius 3 is 2.33 bits per heavy atom. The van der Waals surface area contributed by atoms with Gasteiger partial charge in [0.2, 0.25) is 0 Å². The topological polar surface area (TPSA) is 59.0 Å². The van der Waals surface area contributed by atoms with Gasteiger partial charge in [-0.15, -0.1) is 0 Å². The summed E-state index contributed by atoms with van der Waals surface area (Å²) in [7, 11) is 1.76. The molecular formula is C23H25F2NO4. The number of Topliss-reactive ketones (excluding diaryl/α,β-unsaturated/α-hetero) is 1. The number of hydrogen-bond donors (Lipinski definition) is 1. The molecule has 0 saturated carbocycles. The molecule has 1 N–H and O–H groups in total. The molecule has 2 aliphatic heterocycles. The third-order valence-electron chi connectivity index (χ3n) is 5.68. The van der Waals surface area contributed by atoms with Crippen molar-refractivity contribution in [1.82, 2.24) is 4.90 Å². The van der Waals surface area contributed by atoms with Gasteiger partial charge in [-0.05, 0) is 80.3 Å². The Kier molecular flexibility index (Phi) is 6.01. The highest BCUT2D eigenvalue weighted by atomic mass is 19.1. The molecule has 3 atom stereocenters. The minimum atomic E-state index is -0.781. The van der Waals surface area contributed by atoms with Crippen LogP contribution in [0.2, 0.25) is 0 Å². The number of benzene rings is 2. The van der Waals surface area contributed by atoms with Crippen LogP contribution in [0.3, 0.4) is 0 Å². The van der Waals surface area contributed by atoms with Crippen LogP contribution in [0.15, 0.2) is 36.4 Å². The Morgan fingerprint density at radius 2 is 1.67 bits per heavy atom. The Morgan fingerprint density at radius 1 is 1.07 bits per heavy atom. The number of aliphatic hydroxyl groups excluding tert-OH is 1. The summed E-state index contributed by atoms with van der Waals surface area (Å²) in [6.45, 7) is 0.397. The molecule has 4 rings (SSSR count). The molecule has 30 heavy (non-hydrogen) atoms. The Bertz CT molecular complexity index is 935. The first-order chi connectivity index (χ1) is 14.4. The van der Waals surface area contributed by atoms with Crippen LogP contribution < -0.4 is 9.47 Å². The molecule has 0 spiro atoms. The third kappa shape index (κ3) is 4.63. The molecule has 160 valence electrons. The highest BCUT2D eigenvalue weighted by molar-refractivity contribution is 5.85. The van der Waals surface area contributed by atoms with E-state index >= 15 is 0 Å². The second-order valence-corrected chi connectivity index (χ2v) is 8.07. The molecule has 2 heterocycles. The molecule has 7 heteroatoms. The van der Waals surface area contributed by atoms with Gasteiger partial charge < -0.3 is 14.6 Å². The maximum Gasteiger partial charge on any atom is 0.187 e. The monoisotopic (exact) mass is 417 g/mol. The molecule has 0 fully saturated rings. The van der Waals surface area contributed by atoms with Crippen LogP contribution in [0.25, 0.3) is 0 Å². The van der Waals surface area contributed by atoms with Gasteiger partial charge in [0.25, 0.3) is 0 Å². The minimum Gasteiger partial charge on any atom is -0.487 e. The first-order valence-corrected chi connectivity index (χ1v) is 10.2. The Balaban J connectivity index is 1.29. The molecule has 2 aromatic carbocycles. The lowest BCUT2D eigenvalue weighted by Gasteiger charge is -2.32. The first kappa shape index (κ1) is 20.8. The Hall–Kier alpha value is -2.51. The van der Waals surface area contributed by atoms with Crippen molar-refractivity contribution in [1.29, 1.82) is 0 Å². The number of rotatable bonds is 6. The van der Waals surface area contributed by atoms with Crippen LogP contribution in [0.5, 0.6) is 11.5 Å². The molecule has 2 aliphatic rings. The summed E-state index contributed by atoms with van der Waals surface area (Å²) >= 11 is 0. The van der Waals surface area contributed by atoms with E-state index in [2.05, 4.69) is 0 Å². The van der Waals surface area contributed by atoms with E-state index in [1.54, 1.807) is 24.1 Å². The van der Waals surface area contributed by atoms with Crippen molar-refractivity contribution in [2.45, 2.75) is 44.0 Å². The molecule has 0 aromatic heterocycles. The molecule has 1 unspecified atom stereocenters. The molecule has 0 aliphatic carbocycles. The van der Waals surface area contributed by atoms with E-state index in [0.29, 0.717) is 37.2 Å². The van der Waals surface area contributed by atoms with Crippen molar-refractivity contribution in [3.05, 3.63) is 59.2 Å². The second kappa shape index (κ2) is 8.70. The Labute approximate surface area is 174 Å². The average molecular weight is 417 g/mol. The summed E-state index contributed by atoms with van der Waals surface area (Å²) in [5.74, 6) is 0.455. The fourth-order valence-corrected chi connectivity index (χ4v) is 4.10. The second-order valence-electron chi connectivity index (χ2n) is 8.07. The molecule has 5 nitrogen and oxygen atoms in total. The normalized spacial score (nSPS) is 21.2. The number of aliphatic hydroxyl groups is 1. The summed E-state index contributed by atoms with van der Waals surface area (Å²) in [5.41, 5.74) is 1.58. The zero-order valence-electron chi connectivity index (χ0n) is 16.8. The average Bonchev–Trinajstić information content (AvgIpc) is 2.72. The first-order valence-electron chi connectivity index (χ1n) is 10.2. The number of halogens is 2. The van der Waals surface area contributed by atoms with E-state index in [1.165, 1.54) is 24.3 Å². The van der Waals surface area contributed by atoms with Gasteiger partial charge in [0.15, 0.2) is 11.9 Å². The van der Waals surface area contributed by atoms with Crippen molar-refractivity contribution in [3.8, 4) is 11.5 Å². The number of aryl methyl sites for hydroxylation is 2. The molecule has 0 amide bonds. The van der Waals surface area contributed by atoms with E-state index in [-0.39, 0.29) is 30.5 Å². The summed E-state index contributed by atoms with van der Waals surface area (Å²) in [4.78, 5) is 14.4. The maximum atomic E-state index is 13.3. The lowest BCUT2D eigenvalue weighted by Crippen LogP contribution is -2.45. The van der Waals surface area contributed by atoms with Crippen LogP contribution in [0.4, 0.5) is 8.78 Å². The van der Waals surface area contributed by atoms with Crippen LogP contribution in [0.1, 0.15) is 24.0 Å². The number of likely N-dealkylation sites (N-methyl/N-ethyl adjacent to an activating group) is 1. The number of nitrogens with zero attached hydrogens (tertiary/aromatic N) is 1. The minimum absolute atomic E-state index is 0.0786. The summed E-state index contributed by atoms with van der Waals surface area (Å²) in [6.07, 6.45) is 0.544. The van der Waals surface area contributed by atoms with E-state index in [9.17, 15) is 18.7 Å². The summed E-state index contributed by atoms with van der Waals surface area (Å²) in [5, 5.41) is 10.6. The highest BCUT2D eigenvalue weighted by Gasteiger charge is 2.30. The highest BCUT2D eigenvalue weighted by Crippen LogP contribution is 2.30. The number of ketones is 1. The van der Waals surface area contributed by atoms with Gasteiger partial charge in [0, 0.05) is 6.54 Å². The number of hydrogen-bond acceptors (Lipinski definition) is 5. The van der Waals surface area contributed by atoms with E-state index < -0.39 is 18.3 Å². The SMILES string of the molecule is CN(CC(=O)C1CCc2cc(F)ccc2O1)C[C@@H](O)[C@H]1CCc2cc(F)ccc2O1. The van der Waals surface area contributed by atoms with Crippen molar-refractivity contribution in [3.63, 3.8) is 0 Å². The molecule has 0 saturated heterocycles. The van der Waals surface area contributed by atoms with E-state index in [0.717, 1.165) is 11.1 Å². The van der Waals surface area contributed by atoms with Crippen molar-refractivity contribution in [2.24, 2.45) is 0 Å². The van der Waals surface area contributed by atoms with Gasteiger partial charge in [-0.25, -0.2) is 8.78 Å². The van der Waals surface area contributed by atoms with E-state index in [1.807, 2.05) is 0 Å². The largest absolute Gasteiger partial charge is 0.487 e. The van der Waals surface area contributed by atoms with Crippen LogP contribution in [0, 0.1) is 11.6 Å². The van der Waals surface area contributed by atoms with Crippen LogP contribution in [-0.2, 0) is 17.6 Å². The van der Waals surface area contributed by atoms with Gasteiger partial charge in [-0.1, -0.05) is 0 Å². The third-order valence-corrected chi connectivity index (χ3v) is 5.68. The van der Waals surface area contributed by atoms with Crippen molar-refractivity contribution in [2.75, 3.05) is 20.1 Å². The number of fused-ring (bicyclic) bond motifs is 2. The predicted molar refractivity (Wildman–Crippen MR) is 107 cm³/mol. The number of carbonyl (C=O) groups is 1. The van der Waals surface area contributed by atoms with Gasteiger partial charge in [-0.2, -0.15) is 0 Å². The molecule has 0 bridgehead atoms. The quantitative estimate of drug-likeness (QED) is 0.783.